The molecule has 4 nitrogen and oxygen atoms in total. The van der Waals surface area contributed by atoms with Crippen molar-refractivity contribution in [2.24, 2.45) is 0 Å². The molecule has 0 bridgehead atoms. The fourth-order valence-electron chi connectivity index (χ4n) is 1.93. The monoisotopic (exact) mass is 317 g/mol. The molecule has 0 aromatic carbocycles. The zero-order valence-electron chi connectivity index (χ0n) is 11.4. The predicted octanol–water partition coefficient (Wildman–Crippen LogP) is 2.48. The van der Waals surface area contributed by atoms with Crippen LogP contribution in [-0.2, 0) is 19.5 Å². The second kappa shape index (κ2) is 8.67. The van der Waals surface area contributed by atoms with Gasteiger partial charge in [-0.1, -0.05) is 6.92 Å². The summed E-state index contributed by atoms with van der Waals surface area (Å²) in [5.41, 5.74) is 2.37. The van der Waals surface area contributed by atoms with Crippen molar-refractivity contribution in [2.75, 3.05) is 13.2 Å². The van der Waals surface area contributed by atoms with Crippen molar-refractivity contribution in [3.05, 3.63) is 15.9 Å². The van der Waals surface area contributed by atoms with Gasteiger partial charge in [0.15, 0.2) is 0 Å². The normalized spacial score (nSPS) is 11.1. The average Bonchev–Trinajstić information content (AvgIpc) is 2.70. The van der Waals surface area contributed by atoms with Crippen molar-refractivity contribution >= 4 is 15.9 Å². The van der Waals surface area contributed by atoms with Gasteiger partial charge in [-0.15, -0.1) is 0 Å². The van der Waals surface area contributed by atoms with E-state index in [0.29, 0.717) is 6.61 Å². The molecular weight excluding hydrogens is 294 g/mol. The second-order valence-corrected chi connectivity index (χ2v) is 5.13. The number of aliphatic hydroxyl groups excluding tert-OH is 1. The van der Waals surface area contributed by atoms with Crippen LogP contribution in [0.3, 0.4) is 0 Å². The first kappa shape index (κ1) is 15.7. The van der Waals surface area contributed by atoms with E-state index in [1.807, 2.05) is 0 Å². The summed E-state index contributed by atoms with van der Waals surface area (Å²) in [5.74, 6) is 0. The van der Waals surface area contributed by atoms with E-state index >= 15 is 0 Å². The Morgan fingerprint density at radius 2 is 2.06 bits per heavy atom. The lowest BCUT2D eigenvalue weighted by atomic mass is 10.2. The maximum atomic E-state index is 8.70. The van der Waals surface area contributed by atoms with Crippen molar-refractivity contribution in [2.45, 2.75) is 52.6 Å². The first-order valence-corrected chi connectivity index (χ1v) is 7.59. The Bertz CT molecular complexity index is 352. The Kier molecular flexibility index (Phi) is 7.54. The molecule has 0 aliphatic rings. The van der Waals surface area contributed by atoms with Crippen LogP contribution in [0.15, 0.2) is 4.47 Å². The maximum absolute atomic E-state index is 8.70. The SMILES string of the molecule is CCc1nn(CC)c(CNCCCCCO)c1Br. The molecular formula is C13H24BrN3O. The number of nitrogens with one attached hydrogen (secondary N) is 1. The van der Waals surface area contributed by atoms with Gasteiger partial charge in [0, 0.05) is 19.7 Å². The maximum Gasteiger partial charge on any atom is 0.0767 e. The summed E-state index contributed by atoms with van der Waals surface area (Å²) < 4.78 is 3.21. The van der Waals surface area contributed by atoms with Crippen LogP contribution < -0.4 is 5.32 Å². The Hall–Kier alpha value is -0.390. The lowest BCUT2D eigenvalue weighted by molar-refractivity contribution is 0.283. The van der Waals surface area contributed by atoms with Crippen molar-refractivity contribution in [1.82, 2.24) is 15.1 Å². The van der Waals surface area contributed by atoms with Crippen molar-refractivity contribution in [3.8, 4) is 0 Å². The van der Waals surface area contributed by atoms with Crippen LogP contribution in [0.1, 0.15) is 44.5 Å². The quantitative estimate of drug-likeness (QED) is 0.688. The highest BCUT2D eigenvalue weighted by molar-refractivity contribution is 9.10. The van der Waals surface area contributed by atoms with Gasteiger partial charge in [-0.3, -0.25) is 4.68 Å². The second-order valence-electron chi connectivity index (χ2n) is 4.34. The van der Waals surface area contributed by atoms with Crippen molar-refractivity contribution in [3.63, 3.8) is 0 Å². The van der Waals surface area contributed by atoms with E-state index in [2.05, 4.69) is 44.9 Å². The number of rotatable bonds is 9. The van der Waals surface area contributed by atoms with Crippen LogP contribution >= 0.6 is 15.9 Å². The number of hydrogen-bond acceptors (Lipinski definition) is 3. The van der Waals surface area contributed by atoms with Crippen LogP contribution in [0.4, 0.5) is 0 Å². The molecule has 0 spiro atoms. The lowest BCUT2D eigenvalue weighted by Gasteiger charge is -2.07. The summed E-state index contributed by atoms with van der Waals surface area (Å²) >= 11 is 3.64. The molecule has 1 aromatic rings. The molecule has 1 rings (SSSR count). The third-order valence-electron chi connectivity index (χ3n) is 3.00. The fraction of sp³-hybridized carbons (Fsp3) is 0.769. The third kappa shape index (κ3) is 4.37. The molecule has 0 aliphatic carbocycles. The van der Waals surface area contributed by atoms with Gasteiger partial charge in [0.1, 0.15) is 0 Å². The number of halogens is 1. The summed E-state index contributed by atoms with van der Waals surface area (Å²) in [5, 5.41) is 16.7. The van der Waals surface area contributed by atoms with E-state index in [0.717, 1.165) is 55.5 Å². The van der Waals surface area contributed by atoms with Gasteiger partial charge in [0.2, 0.25) is 0 Å². The molecule has 18 heavy (non-hydrogen) atoms. The summed E-state index contributed by atoms with van der Waals surface area (Å²) in [6.07, 6.45) is 4.05. The van der Waals surface area contributed by atoms with E-state index < -0.39 is 0 Å². The molecule has 0 aliphatic heterocycles. The van der Waals surface area contributed by atoms with Crippen LogP contribution in [0, 0.1) is 0 Å². The van der Waals surface area contributed by atoms with E-state index in [-0.39, 0.29) is 0 Å². The van der Waals surface area contributed by atoms with E-state index in [1.165, 1.54) is 5.69 Å². The lowest BCUT2D eigenvalue weighted by Crippen LogP contribution is -2.18. The molecule has 0 fully saturated rings. The zero-order chi connectivity index (χ0) is 13.4. The van der Waals surface area contributed by atoms with Crippen LogP contribution in [0.25, 0.3) is 0 Å². The molecule has 0 atom stereocenters. The van der Waals surface area contributed by atoms with E-state index in [9.17, 15) is 0 Å². The topological polar surface area (TPSA) is 50.1 Å². The molecule has 0 unspecified atom stereocenters. The minimum absolute atomic E-state index is 0.300. The summed E-state index contributed by atoms with van der Waals surface area (Å²) in [6, 6.07) is 0. The third-order valence-corrected chi connectivity index (χ3v) is 3.91. The van der Waals surface area contributed by atoms with Gasteiger partial charge in [-0.05, 0) is 55.1 Å². The first-order valence-electron chi connectivity index (χ1n) is 6.80. The summed E-state index contributed by atoms with van der Waals surface area (Å²) in [4.78, 5) is 0. The van der Waals surface area contributed by atoms with E-state index in [1.54, 1.807) is 0 Å². The number of nitrogens with zero attached hydrogens (tertiary/aromatic N) is 2. The molecule has 0 amide bonds. The summed E-state index contributed by atoms with van der Waals surface area (Å²) in [7, 11) is 0. The zero-order valence-corrected chi connectivity index (χ0v) is 13.0. The Morgan fingerprint density at radius 3 is 2.67 bits per heavy atom. The van der Waals surface area contributed by atoms with Gasteiger partial charge in [0.05, 0.1) is 15.9 Å². The van der Waals surface area contributed by atoms with Gasteiger partial charge in [0.25, 0.3) is 0 Å². The highest BCUT2D eigenvalue weighted by Crippen LogP contribution is 2.22. The Balaban J connectivity index is 2.43. The molecule has 0 saturated heterocycles. The smallest absolute Gasteiger partial charge is 0.0767 e. The van der Waals surface area contributed by atoms with Gasteiger partial charge in [-0.2, -0.15) is 5.10 Å². The molecule has 5 heteroatoms. The average molecular weight is 318 g/mol. The van der Waals surface area contributed by atoms with Crippen LogP contribution in [0.5, 0.6) is 0 Å². The van der Waals surface area contributed by atoms with Crippen molar-refractivity contribution in [1.29, 1.82) is 0 Å². The number of aryl methyl sites for hydroxylation is 2. The first-order chi connectivity index (χ1) is 8.74. The van der Waals surface area contributed by atoms with Crippen LogP contribution in [0.2, 0.25) is 0 Å². The van der Waals surface area contributed by atoms with Gasteiger partial charge in [-0.25, -0.2) is 0 Å². The molecule has 0 saturated carbocycles. The van der Waals surface area contributed by atoms with Crippen molar-refractivity contribution < 1.29 is 5.11 Å². The van der Waals surface area contributed by atoms with Gasteiger partial charge >= 0.3 is 0 Å². The number of hydrogen-bond donors (Lipinski definition) is 2. The molecule has 1 aromatic heterocycles. The molecule has 0 radical (unpaired) electrons. The molecule has 1 heterocycles. The minimum atomic E-state index is 0.300. The van der Waals surface area contributed by atoms with Gasteiger partial charge < -0.3 is 10.4 Å². The van der Waals surface area contributed by atoms with Crippen LogP contribution in [-0.4, -0.2) is 28.0 Å². The highest BCUT2D eigenvalue weighted by atomic mass is 79.9. The highest BCUT2D eigenvalue weighted by Gasteiger charge is 2.12. The number of unbranched alkanes of at least 4 members (excludes halogenated alkanes) is 2. The number of aromatic nitrogens is 2. The summed E-state index contributed by atoms with van der Waals surface area (Å²) in [6.45, 7) is 7.28. The standard InChI is InChI=1S/C13H24BrN3O/c1-3-11-13(14)12(17(4-2)16-11)10-15-8-6-5-7-9-18/h15,18H,3-10H2,1-2H3. The fourth-order valence-corrected chi connectivity index (χ4v) is 2.64. The largest absolute Gasteiger partial charge is 0.396 e. The Labute approximate surface area is 118 Å². The Morgan fingerprint density at radius 1 is 1.28 bits per heavy atom. The predicted molar refractivity (Wildman–Crippen MR) is 77.6 cm³/mol. The number of aliphatic hydroxyl groups is 1. The molecule has 2 N–H and O–H groups in total. The molecule has 104 valence electrons. The van der Waals surface area contributed by atoms with E-state index in [4.69, 9.17) is 5.11 Å². The minimum Gasteiger partial charge on any atom is -0.396 e.